The molecule has 1 unspecified atom stereocenters. The molecule has 22 heavy (non-hydrogen) atoms. The maximum absolute atomic E-state index is 12.1. The number of aromatic nitrogens is 1. The number of hydrogen-bond donors (Lipinski definition) is 2. The molecule has 0 aliphatic carbocycles. The predicted molar refractivity (Wildman–Crippen MR) is 81.5 cm³/mol. The van der Waals surface area contributed by atoms with E-state index >= 15 is 0 Å². The number of nitrogens with zero attached hydrogens (tertiary/aromatic N) is 1. The van der Waals surface area contributed by atoms with E-state index < -0.39 is 12.0 Å². The van der Waals surface area contributed by atoms with Crippen LogP contribution in [0, 0.1) is 0 Å². The van der Waals surface area contributed by atoms with E-state index in [0.29, 0.717) is 0 Å². The van der Waals surface area contributed by atoms with E-state index in [9.17, 15) is 9.59 Å². The van der Waals surface area contributed by atoms with Gasteiger partial charge in [0.2, 0.25) is 5.91 Å². The van der Waals surface area contributed by atoms with Gasteiger partial charge in [0, 0.05) is 31.7 Å². The zero-order chi connectivity index (χ0) is 15.9. The van der Waals surface area contributed by atoms with Gasteiger partial charge in [-0.25, -0.2) is 4.79 Å². The lowest BCUT2D eigenvalue weighted by atomic mass is 10.1. The molecule has 6 nitrogen and oxygen atoms in total. The largest absolute Gasteiger partial charge is 0.480 e. The number of fused-ring (bicyclic) bond motifs is 1. The van der Waals surface area contributed by atoms with Gasteiger partial charge in [-0.05, 0) is 11.6 Å². The quantitative estimate of drug-likeness (QED) is 0.806. The minimum atomic E-state index is -1.07. The zero-order valence-corrected chi connectivity index (χ0v) is 12.3. The summed E-state index contributed by atoms with van der Waals surface area (Å²) in [6.07, 6.45) is 1.98. The van der Waals surface area contributed by atoms with Crippen molar-refractivity contribution in [3.63, 3.8) is 0 Å². The highest BCUT2D eigenvalue weighted by atomic mass is 16.5. The number of ether oxygens (including phenoxy) is 1. The second kappa shape index (κ2) is 7.51. The fraction of sp³-hybridized carbons (Fsp3) is 0.312. The van der Waals surface area contributed by atoms with E-state index in [-0.39, 0.29) is 25.4 Å². The molecule has 2 aromatic rings. The second-order valence-electron chi connectivity index (χ2n) is 4.91. The molecule has 1 atom stereocenters. The molecule has 0 saturated heterocycles. The third-order valence-corrected chi connectivity index (χ3v) is 3.31. The molecule has 0 saturated carbocycles. The SMILES string of the molecule is COCCC(NC(=O)Cc1cccc2cccnc12)C(=O)O. The Morgan fingerprint density at radius 2 is 2.09 bits per heavy atom. The Bertz CT molecular complexity index is 667. The van der Waals surface area contributed by atoms with E-state index in [1.165, 1.54) is 7.11 Å². The maximum Gasteiger partial charge on any atom is 0.326 e. The topological polar surface area (TPSA) is 88.5 Å². The van der Waals surface area contributed by atoms with Gasteiger partial charge in [-0.2, -0.15) is 0 Å². The summed E-state index contributed by atoms with van der Waals surface area (Å²) >= 11 is 0. The Kier molecular flexibility index (Phi) is 5.43. The lowest BCUT2D eigenvalue weighted by molar-refractivity contribution is -0.142. The molecule has 0 aliphatic heterocycles. The van der Waals surface area contributed by atoms with Crippen molar-refractivity contribution in [1.29, 1.82) is 0 Å². The third-order valence-electron chi connectivity index (χ3n) is 3.31. The van der Waals surface area contributed by atoms with Crippen LogP contribution in [-0.2, 0) is 20.7 Å². The number of amides is 1. The van der Waals surface area contributed by atoms with Crippen LogP contribution < -0.4 is 5.32 Å². The number of para-hydroxylation sites is 1. The Morgan fingerprint density at radius 1 is 1.32 bits per heavy atom. The molecule has 0 bridgehead atoms. The van der Waals surface area contributed by atoms with E-state index in [2.05, 4.69) is 10.3 Å². The summed E-state index contributed by atoms with van der Waals surface area (Å²) < 4.78 is 4.86. The van der Waals surface area contributed by atoms with Crippen LogP contribution in [0.25, 0.3) is 10.9 Å². The predicted octanol–water partition coefficient (Wildman–Crippen LogP) is 1.38. The number of aliphatic carboxylic acids is 1. The van der Waals surface area contributed by atoms with E-state index in [1.807, 2.05) is 30.3 Å². The first-order chi connectivity index (χ1) is 10.6. The lowest BCUT2D eigenvalue weighted by Gasteiger charge is -2.14. The summed E-state index contributed by atoms with van der Waals surface area (Å²) in [5.41, 5.74) is 1.52. The van der Waals surface area contributed by atoms with Crippen LogP contribution in [0.4, 0.5) is 0 Å². The summed E-state index contributed by atoms with van der Waals surface area (Å²) in [5, 5.41) is 12.6. The zero-order valence-electron chi connectivity index (χ0n) is 12.3. The highest BCUT2D eigenvalue weighted by Crippen LogP contribution is 2.16. The summed E-state index contributed by atoms with van der Waals surface area (Å²) in [4.78, 5) is 27.5. The molecule has 1 amide bonds. The highest BCUT2D eigenvalue weighted by Gasteiger charge is 2.20. The Balaban J connectivity index is 2.08. The molecule has 1 heterocycles. The van der Waals surface area contributed by atoms with Crippen molar-refractivity contribution in [2.75, 3.05) is 13.7 Å². The van der Waals surface area contributed by atoms with Crippen molar-refractivity contribution in [2.45, 2.75) is 18.9 Å². The highest BCUT2D eigenvalue weighted by molar-refractivity contribution is 5.89. The monoisotopic (exact) mass is 302 g/mol. The third kappa shape index (κ3) is 4.02. The number of carboxylic acid groups (broad SMARTS) is 1. The van der Waals surface area contributed by atoms with Gasteiger partial charge in [-0.15, -0.1) is 0 Å². The van der Waals surface area contributed by atoms with Crippen LogP contribution in [-0.4, -0.2) is 41.7 Å². The van der Waals surface area contributed by atoms with Crippen LogP contribution in [0.1, 0.15) is 12.0 Å². The molecule has 0 fully saturated rings. The van der Waals surface area contributed by atoms with Gasteiger partial charge in [-0.1, -0.05) is 24.3 Å². The number of nitrogens with one attached hydrogen (secondary N) is 1. The molecule has 0 spiro atoms. The summed E-state index contributed by atoms with van der Waals surface area (Å²) in [7, 11) is 1.49. The first-order valence-corrected chi connectivity index (χ1v) is 6.95. The van der Waals surface area contributed by atoms with E-state index in [0.717, 1.165) is 16.5 Å². The number of carboxylic acids is 1. The summed E-state index contributed by atoms with van der Waals surface area (Å²) in [6.45, 7) is 0.271. The molecular weight excluding hydrogens is 284 g/mol. The van der Waals surface area contributed by atoms with Gasteiger partial charge >= 0.3 is 5.97 Å². The minimum absolute atomic E-state index is 0.0884. The Labute approximate surface area is 128 Å². The molecule has 2 rings (SSSR count). The van der Waals surface area contributed by atoms with E-state index in [4.69, 9.17) is 9.84 Å². The van der Waals surface area contributed by atoms with Gasteiger partial charge in [0.15, 0.2) is 0 Å². The van der Waals surface area contributed by atoms with Gasteiger partial charge in [-0.3, -0.25) is 9.78 Å². The standard InChI is InChI=1S/C16H18N2O4/c1-22-9-7-13(16(20)21)18-14(19)10-12-5-2-4-11-6-3-8-17-15(11)12/h2-6,8,13H,7,9-10H2,1H3,(H,18,19)(H,20,21). The van der Waals surface area contributed by atoms with E-state index in [1.54, 1.807) is 6.20 Å². The first kappa shape index (κ1) is 15.9. The number of carbonyl (C=O) groups is 2. The Morgan fingerprint density at radius 3 is 2.82 bits per heavy atom. The fourth-order valence-corrected chi connectivity index (χ4v) is 2.22. The van der Waals surface area contributed by atoms with Crippen molar-refractivity contribution < 1.29 is 19.4 Å². The normalized spacial score (nSPS) is 12.0. The van der Waals surface area contributed by atoms with Crippen LogP contribution in [0.5, 0.6) is 0 Å². The lowest BCUT2D eigenvalue weighted by Crippen LogP contribution is -2.42. The van der Waals surface area contributed by atoms with Crippen molar-refractivity contribution in [1.82, 2.24) is 10.3 Å². The molecule has 116 valence electrons. The summed E-state index contributed by atoms with van der Waals surface area (Å²) in [6, 6.07) is 8.39. The van der Waals surface area contributed by atoms with Gasteiger partial charge in [0.1, 0.15) is 6.04 Å². The number of rotatable bonds is 7. The van der Waals surface area contributed by atoms with Crippen molar-refractivity contribution >= 4 is 22.8 Å². The van der Waals surface area contributed by atoms with Crippen molar-refractivity contribution in [2.24, 2.45) is 0 Å². The average Bonchev–Trinajstić information content (AvgIpc) is 2.51. The first-order valence-electron chi connectivity index (χ1n) is 6.95. The van der Waals surface area contributed by atoms with Gasteiger partial charge in [0.25, 0.3) is 0 Å². The molecule has 0 radical (unpaired) electrons. The van der Waals surface area contributed by atoms with Gasteiger partial charge in [0.05, 0.1) is 11.9 Å². The van der Waals surface area contributed by atoms with Crippen LogP contribution in [0.15, 0.2) is 36.5 Å². The molecule has 2 N–H and O–H groups in total. The average molecular weight is 302 g/mol. The maximum atomic E-state index is 12.1. The van der Waals surface area contributed by atoms with Crippen molar-refractivity contribution in [3.05, 3.63) is 42.1 Å². The molecule has 1 aromatic heterocycles. The number of methoxy groups -OCH3 is 1. The smallest absolute Gasteiger partial charge is 0.326 e. The van der Waals surface area contributed by atoms with Crippen LogP contribution >= 0.6 is 0 Å². The minimum Gasteiger partial charge on any atom is -0.480 e. The fourth-order valence-electron chi connectivity index (χ4n) is 2.22. The number of pyridine rings is 1. The molecule has 1 aromatic carbocycles. The second-order valence-corrected chi connectivity index (χ2v) is 4.91. The summed E-state index contributed by atoms with van der Waals surface area (Å²) in [5.74, 6) is -1.41. The van der Waals surface area contributed by atoms with Crippen LogP contribution in [0.3, 0.4) is 0 Å². The number of carbonyl (C=O) groups excluding carboxylic acids is 1. The van der Waals surface area contributed by atoms with Crippen LogP contribution in [0.2, 0.25) is 0 Å². The number of hydrogen-bond acceptors (Lipinski definition) is 4. The van der Waals surface area contributed by atoms with Gasteiger partial charge < -0.3 is 15.2 Å². The molecular formula is C16H18N2O4. The molecule has 0 aliphatic rings. The number of benzene rings is 1. The Hall–Kier alpha value is -2.47. The molecule has 6 heteroatoms. The van der Waals surface area contributed by atoms with Crippen molar-refractivity contribution in [3.8, 4) is 0 Å².